The first-order valence-corrected chi connectivity index (χ1v) is 7.97. The summed E-state index contributed by atoms with van der Waals surface area (Å²) in [6.07, 6.45) is 9.10. The average molecular weight is 344 g/mol. The van der Waals surface area contributed by atoms with Crippen molar-refractivity contribution in [3.8, 4) is 0 Å². The van der Waals surface area contributed by atoms with Crippen LogP contribution in [-0.2, 0) is 11.8 Å². The van der Waals surface area contributed by atoms with Crippen molar-refractivity contribution in [1.82, 2.24) is 19.7 Å². The quantitative estimate of drug-likeness (QED) is 0.710. The van der Waals surface area contributed by atoms with Crippen LogP contribution < -0.4 is 10.6 Å². The molecule has 9 heteroatoms. The van der Waals surface area contributed by atoms with E-state index in [1.165, 1.54) is 0 Å². The van der Waals surface area contributed by atoms with Crippen LogP contribution in [0.3, 0.4) is 0 Å². The van der Waals surface area contributed by atoms with Gasteiger partial charge in [-0.05, 0) is 18.3 Å². The SMILES string of the molecule is Cn1cc(Nc2ncc(F)c(N[C@H]3[C@@H](C(=O)O)[C@@H]4C=C[C@H]3C4)n2)cn1. The Bertz CT molecular complexity index is 851. The van der Waals surface area contributed by atoms with E-state index >= 15 is 0 Å². The van der Waals surface area contributed by atoms with Gasteiger partial charge in [0.25, 0.3) is 0 Å². The third kappa shape index (κ3) is 2.81. The second-order valence-electron chi connectivity index (χ2n) is 6.40. The van der Waals surface area contributed by atoms with E-state index in [9.17, 15) is 14.3 Å². The molecule has 8 nitrogen and oxygen atoms in total. The van der Waals surface area contributed by atoms with Gasteiger partial charge in [0, 0.05) is 19.3 Å². The maximum absolute atomic E-state index is 14.1. The fraction of sp³-hybridized carbons (Fsp3) is 0.375. The van der Waals surface area contributed by atoms with Crippen LogP contribution in [0.4, 0.5) is 21.8 Å². The van der Waals surface area contributed by atoms with E-state index in [0.29, 0.717) is 5.69 Å². The van der Waals surface area contributed by atoms with E-state index < -0.39 is 17.7 Å². The predicted molar refractivity (Wildman–Crippen MR) is 87.8 cm³/mol. The lowest BCUT2D eigenvalue weighted by atomic mass is 9.89. The number of fused-ring (bicyclic) bond motifs is 2. The number of carboxylic acid groups (broad SMARTS) is 1. The van der Waals surface area contributed by atoms with Gasteiger partial charge in [-0.2, -0.15) is 10.1 Å². The molecule has 4 rings (SSSR count). The number of aryl methyl sites for hydroxylation is 1. The van der Waals surface area contributed by atoms with Crippen LogP contribution in [0, 0.1) is 23.6 Å². The summed E-state index contributed by atoms with van der Waals surface area (Å²) in [6.45, 7) is 0. The third-order valence-corrected chi connectivity index (χ3v) is 4.75. The highest BCUT2D eigenvalue weighted by atomic mass is 19.1. The summed E-state index contributed by atoms with van der Waals surface area (Å²) in [6, 6.07) is -0.386. The molecule has 130 valence electrons. The first-order chi connectivity index (χ1) is 12.0. The maximum atomic E-state index is 14.1. The fourth-order valence-corrected chi connectivity index (χ4v) is 3.66. The minimum atomic E-state index is -0.877. The molecule has 3 N–H and O–H groups in total. The topological polar surface area (TPSA) is 105 Å². The second kappa shape index (κ2) is 5.83. The van der Waals surface area contributed by atoms with Crippen molar-refractivity contribution >= 4 is 23.4 Å². The highest BCUT2D eigenvalue weighted by molar-refractivity contribution is 5.74. The molecular formula is C16H17FN6O2. The highest BCUT2D eigenvalue weighted by Crippen LogP contribution is 2.45. The van der Waals surface area contributed by atoms with Gasteiger partial charge < -0.3 is 15.7 Å². The third-order valence-electron chi connectivity index (χ3n) is 4.75. The molecule has 25 heavy (non-hydrogen) atoms. The van der Waals surface area contributed by atoms with E-state index in [2.05, 4.69) is 25.7 Å². The Morgan fingerprint density at radius 3 is 2.88 bits per heavy atom. The number of carbonyl (C=O) groups is 1. The van der Waals surface area contributed by atoms with E-state index in [4.69, 9.17) is 0 Å². The summed E-state index contributed by atoms with van der Waals surface area (Å²) in [5.41, 5.74) is 0.673. The fourth-order valence-electron chi connectivity index (χ4n) is 3.66. The lowest BCUT2D eigenvalue weighted by Gasteiger charge is -2.26. The number of hydrogen-bond acceptors (Lipinski definition) is 6. The van der Waals surface area contributed by atoms with Gasteiger partial charge in [0.05, 0.1) is 24.0 Å². The van der Waals surface area contributed by atoms with Gasteiger partial charge in [0.15, 0.2) is 11.6 Å². The zero-order valence-corrected chi connectivity index (χ0v) is 13.4. The summed E-state index contributed by atoms with van der Waals surface area (Å²) in [4.78, 5) is 19.6. The van der Waals surface area contributed by atoms with Gasteiger partial charge in [-0.25, -0.2) is 9.37 Å². The monoisotopic (exact) mass is 344 g/mol. The Hall–Kier alpha value is -2.97. The second-order valence-corrected chi connectivity index (χ2v) is 6.40. The highest BCUT2D eigenvalue weighted by Gasteiger charge is 2.48. The standard InChI is InChI=1S/C16H17FN6O2/c1-23-7-10(5-19-23)20-16-18-6-11(17)14(22-16)21-13-9-3-2-8(4-9)12(13)15(24)25/h2-3,5-9,12-13H,4H2,1H3,(H,24,25)(H2,18,20,21,22)/t8-,9+,12+,13-/m1/s1. The molecule has 0 aliphatic heterocycles. The molecule has 2 aliphatic carbocycles. The first-order valence-electron chi connectivity index (χ1n) is 7.97. The van der Waals surface area contributed by atoms with Crippen LogP contribution in [-0.4, -0.2) is 36.9 Å². The molecule has 2 heterocycles. The van der Waals surface area contributed by atoms with Gasteiger partial charge in [0.1, 0.15) is 0 Å². The number of allylic oxidation sites excluding steroid dienone is 1. The van der Waals surface area contributed by atoms with Crippen molar-refractivity contribution in [2.75, 3.05) is 10.6 Å². The van der Waals surface area contributed by atoms with Crippen molar-refractivity contribution in [3.05, 3.63) is 36.6 Å². The Balaban J connectivity index is 1.57. The smallest absolute Gasteiger partial charge is 0.309 e. The molecule has 0 unspecified atom stereocenters. The molecule has 0 aromatic carbocycles. The van der Waals surface area contributed by atoms with E-state index in [-0.39, 0.29) is 29.6 Å². The largest absolute Gasteiger partial charge is 0.481 e. The van der Waals surface area contributed by atoms with Crippen molar-refractivity contribution in [3.63, 3.8) is 0 Å². The molecule has 0 saturated heterocycles. The van der Waals surface area contributed by atoms with Crippen LogP contribution in [0.2, 0.25) is 0 Å². The molecule has 0 amide bonds. The number of aliphatic carboxylic acids is 1. The minimum Gasteiger partial charge on any atom is -0.481 e. The van der Waals surface area contributed by atoms with E-state index in [0.717, 1.165) is 12.6 Å². The Labute approximate surface area is 142 Å². The number of rotatable bonds is 5. The number of aromatic nitrogens is 4. The summed E-state index contributed by atoms with van der Waals surface area (Å²) in [5.74, 6) is -1.82. The normalized spacial score (nSPS) is 26.8. The zero-order chi connectivity index (χ0) is 17.6. The number of halogens is 1. The molecule has 4 atom stereocenters. The van der Waals surface area contributed by atoms with E-state index in [1.807, 2.05) is 12.2 Å². The average Bonchev–Trinajstić information content (AvgIpc) is 3.26. The van der Waals surface area contributed by atoms with Crippen LogP contribution in [0.25, 0.3) is 0 Å². The van der Waals surface area contributed by atoms with Crippen LogP contribution >= 0.6 is 0 Å². The predicted octanol–water partition coefficient (Wildman–Crippen LogP) is 1.78. The van der Waals surface area contributed by atoms with Crippen molar-refractivity contribution in [2.45, 2.75) is 12.5 Å². The molecule has 1 fully saturated rings. The van der Waals surface area contributed by atoms with Crippen molar-refractivity contribution < 1.29 is 14.3 Å². The molecule has 2 aromatic rings. The van der Waals surface area contributed by atoms with Gasteiger partial charge >= 0.3 is 5.97 Å². The molecule has 0 spiro atoms. The number of nitrogens with one attached hydrogen (secondary N) is 2. The van der Waals surface area contributed by atoms with Crippen LogP contribution in [0.5, 0.6) is 0 Å². The molecule has 2 aliphatic rings. The van der Waals surface area contributed by atoms with Gasteiger partial charge in [-0.15, -0.1) is 0 Å². The van der Waals surface area contributed by atoms with E-state index in [1.54, 1.807) is 24.1 Å². The molecule has 0 radical (unpaired) electrons. The van der Waals surface area contributed by atoms with Crippen molar-refractivity contribution in [1.29, 1.82) is 0 Å². The molecule has 1 saturated carbocycles. The van der Waals surface area contributed by atoms with Crippen LogP contribution in [0.15, 0.2) is 30.7 Å². The minimum absolute atomic E-state index is 0.00131. The lowest BCUT2D eigenvalue weighted by molar-refractivity contribution is -0.142. The molecular weight excluding hydrogens is 327 g/mol. The summed E-state index contributed by atoms with van der Waals surface area (Å²) in [7, 11) is 1.78. The first kappa shape index (κ1) is 15.6. The summed E-state index contributed by atoms with van der Waals surface area (Å²) < 4.78 is 15.8. The summed E-state index contributed by atoms with van der Waals surface area (Å²) in [5, 5.41) is 19.4. The maximum Gasteiger partial charge on any atom is 0.309 e. The number of anilines is 3. The lowest BCUT2D eigenvalue weighted by Crippen LogP contribution is -2.38. The Kier molecular flexibility index (Phi) is 3.63. The van der Waals surface area contributed by atoms with Crippen molar-refractivity contribution in [2.24, 2.45) is 24.8 Å². The molecule has 2 aromatic heterocycles. The van der Waals surface area contributed by atoms with Gasteiger partial charge in [-0.3, -0.25) is 9.48 Å². The van der Waals surface area contributed by atoms with Crippen LogP contribution in [0.1, 0.15) is 6.42 Å². The molecule has 2 bridgehead atoms. The number of carboxylic acids is 1. The zero-order valence-electron chi connectivity index (χ0n) is 13.4. The number of hydrogen-bond donors (Lipinski definition) is 3. The Morgan fingerprint density at radius 1 is 1.36 bits per heavy atom. The Morgan fingerprint density at radius 2 is 2.16 bits per heavy atom. The van der Waals surface area contributed by atoms with Gasteiger partial charge in [0.2, 0.25) is 5.95 Å². The summed E-state index contributed by atoms with van der Waals surface area (Å²) >= 11 is 0. The van der Waals surface area contributed by atoms with Gasteiger partial charge in [-0.1, -0.05) is 12.2 Å². The number of nitrogens with zero attached hydrogens (tertiary/aromatic N) is 4.